The van der Waals surface area contributed by atoms with Crippen molar-refractivity contribution in [1.82, 2.24) is 29.5 Å². The molecule has 0 bridgehead atoms. The fourth-order valence-electron chi connectivity index (χ4n) is 4.11. The second-order valence-electron chi connectivity index (χ2n) is 7.75. The molecular weight excluding hydrogens is 399 g/mol. The van der Waals surface area contributed by atoms with Gasteiger partial charge < -0.3 is 9.80 Å². The van der Waals surface area contributed by atoms with Crippen LogP contribution in [0.2, 0.25) is 0 Å². The van der Waals surface area contributed by atoms with Gasteiger partial charge in [0.15, 0.2) is 0 Å². The van der Waals surface area contributed by atoms with Crippen LogP contribution in [0.15, 0.2) is 24.7 Å². The second kappa shape index (κ2) is 6.64. The standard InChI is InChI=1S/C19H18F3N7O/c1-11-14-8-28(9-15(14)29-10-24-26-18(29)25-11)17(30)4-12-6-27(7-12)13-2-3-23-16(5-13)19(20,21)22/h2-3,5,10,12H,4,6-9H2,1H3. The molecular formula is C19H18F3N7O. The Morgan fingerprint density at radius 2 is 2.07 bits per heavy atom. The number of anilines is 1. The number of hydrogen-bond acceptors (Lipinski definition) is 6. The Morgan fingerprint density at radius 3 is 2.83 bits per heavy atom. The van der Waals surface area contributed by atoms with Crippen molar-refractivity contribution in [3.63, 3.8) is 0 Å². The number of alkyl halides is 3. The van der Waals surface area contributed by atoms with Gasteiger partial charge in [-0.3, -0.25) is 14.2 Å². The SMILES string of the molecule is Cc1nc2nncn2c2c1CN(C(=O)CC1CN(c3ccnc(C(F)(F)F)c3)C1)C2. The first-order valence-corrected chi connectivity index (χ1v) is 9.53. The van der Waals surface area contributed by atoms with Crippen LogP contribution in [-0.2, 0) is 24.1 Å². The Bertz CT molecular complexity index is 1140. The number of aromatic nitrogens is 5. The highest BCUT2D eigenvalue weighted by Gasteiger charge is 2.36. The van der Waals surface area contributed by atoms with Gasteiger partial charge in [0.05, 0.1) is 12.2 Å². The molecule has 1 fully saturated rings. The van der Waals surface area contributed by atoms with E-state index in [2.05, 4.69) is 20.2 Å². The maximum absolute atomic E-state index is 12.8. The minimum Gasteiger partial charge on any atom is -0.371 e. The number of carbonyl (C=O) groups is 1. The van der Waals surface area contributed by atoms with Crippen molar-refractivity contribution < 1.29 is 18.0 Å². The van der Waals surface area contributed by atoms with Gasteiger partial charge in [0, 0.05) is 55.1 Å². The summed E-state index contributed by atoms with van der Waals surface area (Å²) in [5.74, 6) is 0.658. The van der Waals surface area contributed by atoms with Crippen LogP contribution in [0.1, 0.15) is 29.1 Å². The van der Waals surface area contributed by atoms with E-state index in [0.717, 1.165) is 23.0 Å². The third kappa shape index (κ3) is 3.14. The number of rotatable bonds is 3. The first-order valence-electron chi connectivity index (χ1n) is 9.53. The number of nitrogens with zero attached hydrogens (tertiary/aromatic N) is 7. The molecule has 0 atom stereocenters. The molecule has 30 heavy (non-hydrogen) atoms. The van der Waals surface area contributed by atoms with Gasteiger partial charge in [-0.1, -0.05) is 0 Å². The summed E-state index contributed by atoms with van der Waals surface area (Å²) in [4.78, 5) is 24.2. The summed E-state index contributed by atoms with van der Waals surface area (Å²) in [6, 6.07) is 2.61. The summed E-state index contributed by atoms with van der Waals surface area (Å²) in [6.07, 6.45) is -1.34. The molecule has 0 unspecified atom stereocenters. The summed E-state index contributed by atoms with van der Waals surface area (Å²) in [5.41, 5.74) is 2.41. The van der Waals surface area contributed by atoms with Gasteiger partial charge in [0.1, 0.15) is 12.0 Å². The van der Waals surface area contributed by atoms with E-state index in [1.54, 1.807) is 17.3 Å². The molecule has 8 nitrogen and oxygen atoms in total. The van der Waals surface area contributed by atoms with E-state index in [1.807, 2.05) is 16.2 Å². The van der Waals surface area contributed by atoms with Gasteiger partial charge >= 0.3 is 6.18 Å². The molecule has 1 saturated heterocycles. The quantitative estimate of drug-likeness (QED) is 0.650. The first kappa shape index (κ1) is 18.8. The van der Waals surface area contributed by atoms with Crippen molar-refractivity contribution in [3.8, 4) is 0 Å². The Hall–Kier alpha value is -3.24. The molecule has 5 rings (SSSR count). The molecule has 5 heterocycles. The summed E-state index contributed by atoms with van der Waals surface area (Å²) in [5, 5.41) is 7.86. The molecule has 3 aromatic rings. The maximum atomic E-state index is 12.8. The van der Waals surface area contributed by atoms with Crippen LogP contribution < -0.4 is 4.90 Å². The normalized spacial score (nSPS) is 16.8. The highest BCUT2D eigenvalue weighted by molar-refractivity contribution is 5.77. The van der Waals surface area contributed by atoms with E-state index in [-0.39, 0.29) is 11.8 Å². The van der Waals surface area contributed by atoms with Gasteiger partial charge in [0.2, 0.25) is 5.91 Å². The number of aryl methyl sites for hydroxylation is 1. The number of fused-ring (bicyclic) bond motifs is 3. The van der Waals surface area contributed by atoms with Crippen molar-refractivity contribution in [3.05, 3.63) is 47.3 Å². The average Bonchev–Trinajstić information content (AvgIpc) is 3.30. The maximum Gasteiger partial charge on any atom is 0.433 e. The minimum absolute atomic E-state index is 0.0298. The lowest BCUT2D eigenvalue weighted by molar-refractivity contribution is -0.141. The Kier molecular flexibility index (Phi) is 4.16. The fourth-order valence-corrected chi connectivity index (χ4v) is 4.11. The lowest BCUT2D eigenvalue weighted by atomic mass is 9.95. The van der Waals surface area contributed by atoms with Crippen LogP contribution in [0.3, 0.4) is 0 Å². The predicted octanol–water partition coefficient (Wildman–Crippen LogP) is 2.22. The molecule has 2 aliphatic rings. The van der Waals surface area contributed by atoms with Crippen LogP contribution in [0, 0.1) is 12.8 Å². The van der Waals surface area contributed by atoms with Gasteiger partial charge in [-0.05, 0) is 19.1 Å². The van der Waals surface area contributed by atoms with Crippen molar-refractivity contribution in [2.45, 2.75) is 32.6 Å². The Labute approximate surface area is 169 Å². The summed E-state index contributed by atoms with van der Waals surface area (Å²) in [7, 11) is 0. The van der Waals surface area contributed by atoms with Crippen molar-refractivity contribution in [1.29, 1.82) is 0 Å². The Balaban J connectivity index is 1.21. The van der Waals surface area contributed by atoms with E-state index in [0.29, 0.717) is 44.1 Å². The monoisotopic (exact) mass is 417 g/mol. The van der Waals surface area contributed by atoms with Gasteiger partial charge in [0.25, 0.3) is 5.78 Å². The largest absolute Gasteiger partial charge is 0.433 e. The Morgan fingerprint density at radius 1 is 1.27 bits per heavy atom. The van der Waals surface area contributed by atoms with Crippen molar-refractivity contribution >= 4 is 17.4 Å². The number of amides is 1. The van der Waals surface area contributed by atoms with E-state index in [9.17, 15) is 18.0 Å². The molecule has 0 radical (unpaired) electrons. The fraction of sp³-hybridized carbons (Fsp3) is 0.421. The zero-order valence-electron chi connectivity index (χ0n) is 16.1. The molecule has 0 aliphatic carbocycles. The molecule has 1 amide bonds. The van der Waals surface area contributed by atoms with Gasteiger partial charge in [-0.25, -0.2) is 4.98 Å². The first-order chi connectivity index (χ1) is 14.3. The van der Waals surface area contributed by atoms with E-state index in [1.165, 1.54) is 6.20 Å². The van der Waals surface area contributed by atoms with Gasteiger partial charge in [-0.2, -0.15) is 13.2 Å². The molecule has 0 N–H and O–H groups in total. The predicted molar refractivity (Wildman–Crippen MR) is 99.3 cm³/mol. The third-order valence-electron chi connectivity index (χ3n) is 5.74. The highest BCUT2D eigenvalue weighted by atomic mass is 19.4. The molecule has 156 valence electrons. The molecule has 2 aliphatic heterocycles. The number of carbonyl (C=O) groups excluding carboxylic acids is 1. The van der Waals surface area contributed by atoms with Crippen LogP contribution >= 0.6 is 0 Å². The number of halogens is 3. The second-order valence-corrected chi connectivity index (χ2v) is 7.75. The zero-order chi connectivity index (χ0) is 21.0. The summed E-state index contributed by atoms with van der Waals surface area (Å²) in [6.45, 7) is 3.96. The van der Waals surface area contributed by atoms with E-state index >= 15 is 0 Å². The lowest BCUT2D eigenvalue weighted by Crippen LogP contribution is -2.48. The van der Waals surface area contributed by atoms with Crippen molar-refractivity contribution in [2.24, 2.45) is 5.92 Å². The zero-order valence-corrected chi connectivity index (χ0v) is 16.1. The third-order valence-corrected chi connectivity index (χ3v) is 5.74. The average molecular weight is 417 g/mol. The van der Waals surface area contributed by atoms with Crippen LogP contribution in [-0.4, -0.2) is 48.5 Å². The van der Waals surface area contributed by atoms with Crippen LogP contribution in [0.5, 0.6) is 0 Å². The van der Waals surface area contributed by atoms with E-state index in [4.69, 9.17) is 0 Å². The minimum atomic E-state index is -4.47. The molecule has 11 heteroatoms. The van der Waals surface area contributed by atoms with Crippen LogP contribution in [0.25, 0.3) is 5.78 Å². The summed E-state index contributed by atoms with van der Waals surface area (Å²) < 4.78 is 40.3. The molecule has 0 spiro atoms. The van der Waals surface area contributed by atoms with Crippen LogP contribution in [0.4, 0.5) is 18.9 Å². The van der Waals surface area contributed by atoms with Crippen molar-refractivity contribution in [2.75, 3.05) is 18.0 Å². The van der Waals surface area contributed by atoms with E-state index < -0.39 is 11.9 Å². The van der Waals surface area contributed by atoms with Gasteiger partial charge in [-0.15, -0.1) is 10.2 Å². The highest BCUT2D eigenvalue weighted by Crippen LogP contribution is 2.33. The molecule has 0 saturated carbocycles. The lowest BCUT2D eigenvalue weighted by Gasteiger charge is -2.41. The summed E-state index contributed by atoms with van der Waals surface area (Å²) >= 11 is 0. The number of pyridine rings is 1. The smallest absolute Gasteiger partial charge is 0.371 e. The molecule has 3 aromatic heterocycles. The molecule has 0 aromatic carbocycles. The number of hydrogen-bond donors (Lipinski definition) is 0. The topological polar surface area (TPSA) is 79.5 Å².